The van der Waals surface area contributed by atoms with Crippen molar-refractivity contribution >= 4 is 33.1 Å². The summed E-state index contributed by atoms with van der Waals surface area (Å²) in [5.74, 6) is -0.484. The molecule has 26 heavy (non-hydrogen) atoms. The van der Waals surface area contributed by atoms with Gasteiger partial charge in [-0.2, -0.15) is 4.99 Å². The number of amides is 1. The molecule has 134 valence electrons. The number of carbonyl (C=O) groups excluding carboxylic acids is 1. The Labute approximate surface area is 154 Å². The number of nitro groups is 1. The highest BCUT2D eigenvalue weighted by molar-refractivity contribution is 7.16. The van der Waals surface area contributed by atoms with Crippen LogP contribution in [0.2, 0.25) is 0 Å². The summed E-state index contributed by atoms with van der Waals surface area (Å²) in [6.07, 6.45) is 3.33. The van der Waals surface area contributed by atoms with E-state index in [4.69, 9.17) is 0 Å². The van der Waals surface area contributed by atoms with Crippen LogP contribution in [-0.2, 0) is 13.5 Å². The van der Waals surface area contributed by atoms with Crippen LogP contribution in [0, 0.1) is 10.1 Å². The first-order valence-electron chi connectivity index (χ1n) is 8.41. The monoisotopic (exact) mass is 369 g/mol. The topological polar surface area (TPSA) is 77.5 Å². The van der Waals surface area contributed by atoms with E-state index in [1.54, 1.807) is 0 Å². The quantitative estimate of drug-likeness (QED) is 0.499. The summed E-state index contributed by atoms with van der Waals surface area (Å²) in [7, 11) is 1.87. The molecule has 0 saturated carbocycles. The molecule has 1 amide bonds. The first-order chi connectivity index (χ1) is 12.5. The van der Waals surface area contributed by atoms with Crippen molar-refractivity contribution in [1.82, 2.24) is 4.57 Å². The summed E-state index contributed by atoms with van der Waals surface area (Å²) in [4.78, 5) is 27.5. The smallest absolute Gasteiger partial charge is 0.279 e. The Hall–Kier alpha value is -2.80. The number of nitro benzene ring substituents is 1. The highest BCUT2D eigenvalue weighted by Crippen LogP contribution is 2.20. The molecular formula is C19H19N3O3S. The third kappa shape index (κ3) is 3.72. The van der Waals surface area contributed by atoms with Crippen molar-refractivity contribution in [2.45, 2.75) is 26.2 Å². The van der Waals surface area contributed by atoms with Crippen molar-refractivity contribution in [1.29, 1.82) is 0 Å². The number of hydrogen-bond acceptors (Lipinski definition) is 4. The lowest BCUT2D eigenvalue weighted by molar-refractivity contribution is -0.384. The molecule has 0 fully saturated rings. The molecule has 0 N–H and O–H groups in total. The number of fused-ring (bicyclic) bond motifs is 1. The maximum absolute atomic E-state index is 12.4. The number of hydrogen-bond donors (Lipinski definition) is 0. The highest BCUT2D eigenvalue weighted by Gasteiger charge is 2.12. The van der Waals surface area contributed by atoms with E-state index in [0.717, 1.165) is 29.5 Å². The van der Waals surface area contributed by atoms with Crippen molar-refractivity contribution in [3.8, 4) is 0 Å². The molecule has 1 aromatic heterocycles. The molecule has 1 heterocycles. The van der Waals surface area contributed by atoms with Crippen molar-refractivity contribution in [2.75, 3.05) is 0 Å². The summed E-state index contributed by atoms with van der Waals surface area (Å²) < 4.78 is 2.95. The molecule has 0 unspecified atom stereocenters. The minimum absolute atomic E-state index is 0.118. The predicted octanol–water partition coefficient (Wildman–Crippen LogP) is 4.23. The number of benzene rings is 2. The van der Waals surface area contributed by atoms with Gasteiger partial charge in [0.1, 0.15) is 0 Å². The number of unbranched alkanes of at least 4 members (excludes halogenated alkanes) is 1. The summed E-state index contributed by atoms with van der Waals surface area (Å²) in [6, 6.07) is 11.9. The second-order valence-electron chi connectivity index (χ2n) is 6.07. The van der Waals surface area contributed by atoms with E-state index in [1.807, 2.05) is 17.7 Å². The van der Waals surface area contributed by atoms with Crippen LogP contribution >= 0.6 is 11.3 Å². The molecule has 7 heteroatoms. The molecule has 0 aliphatic heterocycles. The summed E-state index contributed by atoms with van der Waals surface area (Å²) in [5, 5.41) is 10.9. The normalized spacial score (nSPS) is 11.8. The zero-order valence-corrected chi connectivity index (χ0v) is 15.5. The standard InChI is InChI=1S/C19H19N3O3S/c1-3-4-6-13-9-10-16-17(11-13)26-19(21(16)2)20-18(23)14-7-5-8-15(12-14)22(24)25/h5,7-12H,3-4,6H2,1-2H3. The fraction of sp³-hybridized carbons (Fsp3) is 0.263. The van der Waals surface area contributed by atoms with Crippen LogP contribution in [0.1, 0.15) is 35.7 Å². The minimum Gasteiger partial charge on any atom is -0.319 e. The maximum Gasteiger partial charge on any atom is 0.279 e. The molecule has 0 radical (unpaired) electrons. The molecule has 0 aliphatic carbocycles. The average Bonchev–Trinajstić information content (AvgIpc) is 2.95. The summed E-state index contributed by atoms with van der Waals surface area (Å²) >= 11 is 1.45. The molecule has 0 bridgehead atoms. The summed E-state index contributed by atoms with van der Waals surface area (Å²) in [6.45, 7) is 2.17. The number of carbonyl (C=O) groups is 1. The van der Waals surface area contributed by atoms with Crippen molar-refractivity contribution in [3.63, 3.8) is 0 Å². The van der Waals surface area contributed by atoms with Gasteiger partial charge in [0.2, 0.25) is 0 Å². The molecule has 6 nitrogen and oxygen atoms in total. The Bertz CT molecular complexity index is 1050. The number of aromatic nitrogens is 1. The SMILES string of the molecule is CCCCc1ccc2c(c1)sc(=NC(=O)c1cccc([N+](=O)[O-])c1)n2C. The third-order valence-electron chi connectivity index (χ3n) is 4.19. The predicted molar refractivity (Wildman–Crippen MR) is 102 cm³/mol. The lowest BCUT2D eigenvalue weighted by Crippen LogP contribution is -2.13. The van der Waals surface area contributed by atoms with Crippen LogP contribution in [0.4, 0.5) is 5.69 Å². The Kier molecular flexibility index (Phi) is 5.27. The Morgan fingerprint density at radius 1 is 1.27 bits per heavy atom. The Morgan fingerprint density at radius 2 is 2.08 bits per heavy atom. The first-order valence-corrected chi connectivity index (χ1v) is 9.23. The van der Waals surface area contributed by atoms with Crippen LogP contribution in [0.15, 0.2) is 47.5 Å². The zero-order valence-electron chi connectivity index (χ0n) is 14.6. The van der Waals surface area contributed by atoms with Gasteiger partial charge in [0.15, 0.2) is 4.80 Å². The van der Waals surface area contributed by atoms with Gasteiger partial charge in [-0.15, -0.1) is 0 Å². The fourth-order valence-electron chi connectivity index (χ4n) is 2.73. The average molecular weight is 369 g/mol. The molecule has 0 atom stereocenters. The summed E-state index contributed by atoms with van der Waals surface area (Å²) in [5.41, 5.74) is 2.38. The van der Waals surface area contributed by atoms with Crippen LogP contribution in [0.5, 0.6) is 0 Å². The molecule has 2 aromatic carbocycles. The number of thiazole rings is 1. The van der Waals surface area contributed by atoms with E-state index in [1.165, 1.54) is 41.2 Å². The van der Waals surface area contributed by atoms with Gasteiger partial charge >= 0.3 is 0 Å². The number of rotatable bonds is 5. The van der Waals surface area contributed by atoms with Gasteiger partial charge in [-0.25, -0.2) is 0 Å². The van der Waals surface area contributed by atoms with Gasteiger partial charge in [0.05, 0.1) is 15.1 Å². The molecular weight excluding hydrogens is 350 g/mol. The van der Waals surface area contributed by atoms with E-state index in [2.05, 4.69) is 24.0 Å². The minimum atomic E-state index is -0.520. The van der Waals surface area contributed by atoms with Gasteiger partial charge < -0.3 is 4.57 Å². The van der Waals surface area contributed by atoms with Gasteiger partial charge in [-0.05, 0) is 36.6 Å². The van der Waals surface area contributed by atoms with E-state index in [9.17, 15) is 14.9 Å². The second-order valence-corrected chi connectivity index (χ2v) is 7.08. The van der Waals surface area contributed by atoms with Crippen LogP contribution in [0.25, 0.3) is 10.2 Å². The molecule has 3 rings (SSSR count). The largest absolute Gasteiger partial charge is 0.319 e. The second kappa shape index (κ2) is 7.61. The Balaban J connectivity index is 1.98. The van der Waals surface area contributed by atoms with Gasteiger partial charge in [-0.1, -0.05) is 36.8 Å². The number of aryl methyl sites for hydroxylation is 2. The number of nitrogens with zero attached hydrogens (tertiary/aromatic N) is 3. The van der Waals surface area contributed by atoms with Crippen LogP contribution in [-0.4, -0.2) is 15.4 Å². The number of non-ortho nitro benzene ring substituents is 1. The van der Waals surface area contributed by atoms with E-state index < -0.39 is 10.8 Å². The lowest BCUT2D eigenvalue weighted by atomic mass is 10.1. The maximum atomic E-state index is 12.4. The van der Waals surface area contributed by atoms with E-state index in [0.29, 0.717) is 4.80 Å². The van der Waals surface area contributed by atoms with Crippen LogP contribution in [0.3, 0.4) is 0 Å². The van der Waals surface area contributed by atoms with Gasteiger partial charge in [0.25, 0.3) is 11.6 Å². The molecule has 3 aromatic rings. The van der Waals surface area contributed by atoms with Crippen molar-refractivity contribution < 1.29 is 9.72 Å². The Morgan fingerprint density at radius 3 is 2.81 bits per heavy atom. The third-order valence-corrected chi connectivity index (χ3v) is 5.29. The van der Waals surface area contributed by atoms with E-state index >= 15 is 0 Å². The van der Waals surface area contributed by atoms with E-state index in [-0.39, 0.29) is 11.3 Å². The van der Waals surface area contributed by atoms with Gasteiger partial charge in [0, 0.05) is 24.7 Å². The first kappa shape index (κ1) is 18.0. The highest BCUT2D eigenvalue weighted by atomic mass is 32.1. The molecule has 0 spiro atoms. The van der Waals surface area contributed by atoms with Crippen molar-refractivity contribution in [3.05, 3.63) is 68.5 Å². The zero-order chi connectivity index (χ0) is 18.7. The molecule has 0 saturated heterocycles. The lowest BCUT2D eigenvalue weighted by Gasteiger charge is -2.00. The van der Waals surface area contributed by atoms with Gasteiger partial charge in [-0.3, -0.25) is 14.9 Å². The van der Waals surface area contributed by atoms with Crippen molar-refractivity contribution in [2.24, 2.45) is 12.0 Å². The van der Waals surface area contributed by atoms with Crippen LogP contribution < -0.4 is 4.80 Å². The fourth-order valence-corrected chi connectivity index (χ4v) is 3.81. The molecule has 0 aliphatic rings.